The van der Waals surface area contributed by atoms with Crippen LogP contribution in [0.2, 0.25) is 25.7 Å². The van der Waals surface area contributed by atoms with E-state index in [-0.39, 0.29) is 5.91 Å². The van der Waals surface area contributed by atoms with Crippen molar-refractivity contribution in [2.75, 3.05) is 11.9 Å². The molecule has 0 radical (unpaired) electrons. The van der Waals surface area contributed by atoms with Gasteiger partial charge in [-0.1, -0.05) is 50.0 Å². The van der Waals surface area contributed by atoms with Crippen LogP contribution in [0.1, 0.15) is 22.4 Å². The zero-order chi connectivity index (χ0) is 25.1. The maximum absolute atomic E-state index is 12.6. The highest BCUT2D eigenvalue weighted by Gasteiger charge is 2.23. The molecule has 7 heteroatoms. The lowest BCUT2D eigenvalue weighted by molar-refractivity contribution is -0.110. The zero-order valence-electron chi connectivity index (χ0n) is 20.9. The van der Waals surface area contributed by atoms with Crippen LogP contribution in [-0.4, -0.2) is 35.4 Å². The third kappa shape index (κ3) is 5.37. The van der Waals surface area contributed by atoms with Gasteiger partial charge in [0.1, 0.15) is 6.73 Å². The number of nitrogens with zero attached hydrogens (tertiary/aromatic N) is 3. The Morgan fingerprint density at radius 1 is 1.00 bits per heavy atom. The number of nitrogens with one attached hydrogen (secondary N) is 1. The quantitative estimate of drug-likeness (QED) is 0.175. The van der Waals surface area contributed by atoms with Crippen LogP contribution in [0.5, 0.6) is 0 Å². The van der Waals surface area contributed by atoms with Crippen molar-refractivity contribution in [1.29, 1.82) is 0 Å². The Morgan fingerprint density at radius 3 is 2.61 bits per heavy atom. The molecule has 0 fully saturated rings. The van der Waals surface area contributed by atoms with Crippen LogP contribution in [0.15, 0.2) is 67.0 Å². The Balaban J connectivity index is 1.49. The highest BCUT2D eigenvalue weighted by Crippen LogP contribution is 2.33. The highest BCUT2D eigenvalue weighted by atomic mass is 28.3. The number of ether oxygens (including phenoxy) is 1. The zero-order valence-corrected chi connectivity index (χ0v) is 21.9. The Morgan fingerprint density at radius 2 is 1.81 bits per heavy atom. The lowest BCUT2D eigenvalue weighted by atomic mass is 10.0. The van der Waals surface area contributed by atoms with Gasteiger partial charge in [-0.25, -0.2) is 4.68 Å². The minimum Gasteiger partial charge on any atom is -0.360 e. The number of hydrogen-bond acceptors (Lipinski definition) is 4. The van der Waals surface area contributed by atoms with Crippen molar-refractivity contribution in [2.45, 2.75) is 32.4 Å². The summed E-state index contributed by atoms with van der Waals surface area (Å²) in [5.41, 5.74) is 6.28. The molecule has 0 spiro atoms. The summed E-state index contributed by atoms with van der Waals surface area (Å²) in [6.07, 6.45) is 9.56. The largest absolute Gasteiger partial charge is 0.360 e. The third-order valence-electron chi connectivity index (χ3n) is 6.18. The van der Waals surface area contributed by atoms with Crippen molar-refractivity contribution in [3.05, 3.63) is 89.4 Å². The summed E-state index contributed by atoms with van der Waals surface area (Å²) in [4.78, 5) is 16.7. The number of hydrogen-bond donors (Lipinski definition) is 1. The molecule has 4 aromatic rings. The van der Waals surface area contributed by atoms with Gasteiger partial charge in [0.05, 0.1) is 11.2 Å². The molecular weight excluding hydrogens is 464 g/mol. The number of fused-ring (bicyclic) bond motifs is 2. The monoisotopic (exact) mass is 494 g/mol. The van der Waals surface area contributed by atoms with Crippen LogP contribution in [0.25, 0.3) is 34.7 Å². The van der Waals surface area contributed by atoms with E-state index >= 15 is 0 Å². The van der Waals surface area contributed by atoms with E-state index in [0.717, 1.165) is 51.6 Å². The first-order valence-corrected chi connectivity index (χ1v) is 15.9. The van der Waals surface area contributed by atoms with Crippen LogP contribution in [-0.2, 0) is 16.3 Å². The number of carbonyl (C=O) groups excluding carboxylic acids is 1. The molecular formula is C29H30N4O2Si. The summed E-state index contributed by atoms with van der Waals surface area (Å²) in [6.45, 7) is 8.14. The van der Waals surface area contributed by atoms with Gasteiger partial charge in [-0.2, -0.15) is 5.10 Å². The SMILES string of the molecule is C[Si](C)(C)CCOCn1nc(/C=C/c2ccncc2)c2ccc(/C=C3/C(=O)Nc4ccccc43)cc21. The predicted molar refractivity (Wildman–Crippen MR) is 150 cm³/mol. The number of anilines is 1. The molecule has 0 saturated carbocycles. The molecule has 2 aromatic carbocycles. The number of para-hydroxylation sites is 1. The van der Waals surface area contributed by atoms with E-state index in [0.29, 0.717) is 12.3 Å². The molecule has 36 heavy (non-hydrogen) atoms. The van der Waals surface area contributed by atoms with Crippen molar-refractivity contribution >= 4 is 54.4 Å². The minimum atomic E-state index is -1.18. The smallest absolute Gasteiger partial charge is 0.256 e. The number of aromatic nitrogens is 3. The molecule has 0 saturated heterocycles. The first-order chi connectivity index (χ1) is 17.4. The fourth-order valence-corrected chi connectivity index (χ4v) is 4.91. The molecule has 2 aromatic heterocycles. The summed E-state index contributed by atoms with van der Waals surface area (Å²) in [5, 5.41) is 8.84. The molecule has 0 atom stereocenters. The van der Waals surface area contributed by atoms with E-state index in [2.05, 4.69) is 42.1 Å². The number of amides is 1. The molecule has 1 amide bonds. The van der Waals surface area contributed by atoms with Crippen LogP contribution < -0.4 is 5.32 Å². The fraction of sp³-hybridized carbons (Fsp3) is 0.207. The van der Waals surface area contributed by atoms with E-state index in [1.807, 2.05) is 65.4 Å². The summed E-state index contributed by atoms with van der Waals surface area (Å²) < 4.78 is 7.95. The molecule has 0 bridgehead atoms. The van der Waals surface area contributed by atoms with Crippen molar-refractivity contribution in [3.8, 4) is 0 Å². The second-order valence-electron chi connectivity index (χ2n) is 10.2. The number of pyridine rings is 1. The summed E-state index contributed by atoms with van der Waals surface area (Å²) >= 11 is 0. The maximum atomic E-state index is 12.6. The van der Waals surface area contributed by atoms with Gasteiger partial charge in [0, 0.05) is 49.3 Å². The van der Waals surface area contributed by atoms with Gasteiger partial charge >= 0.3 is 0 Å². The molecule has 0 unspecified atom stereocenters. The average Bonchev–Trinajstić information content (AvgIpc) is 3.37. The summed E-state index contributed by atoms with van der Waals surface area (Å²) in [5.74, 6) is -0.0829. The van der Waals surface area contributed by atoms with Crippen molar-refractivity contribution in [1.82, 2.24) is 14.8 Å². The van der Waals surface area contributed by atoms with Crippen molar-refractivity contribution in [3.63, 3.8) is 0 Å². The number of rotatable bonds is 8. The standard InChI is InChI=1S/C29H30N4O2Si/c1-36(2,3)17-16-35-20-33-28-19-22(18-25-23-6-4-5-7-26(23)31-29(25)34)8-10-24(28)27(32-33)11-9-21-12-14-30-15-13-21/h4-15,18-19H,16-17,20H2,1-3H3,(H,31,34)/b11-9+,25-18+. The summed E-state index contributed by atoms with van der Waals surface area (Å²) in [7, 11) is -1.18. The van der Waals surface area contributed by atoms with Crippen molar-refractivity contribution in [2.24, 2.45) is 0 Å². The van der Waals surface area contributed by atoms with Gasteiger partial charge in [0.2, 0.25) is 0 Å². The van der Waals surface area contributed by atoms with Crippen LogP contribution >= 0.6 is 0 Å². The molecule has 1 N–H and O–H groups in total. The highest BCUT2D eigenvalue weighted by molar-refractivity contribution is 6.76. The van der Waals surface area contributed by atoms with Gasteiger partial charge in [-0.15, -0.1) is 0 Å². The summed E-state index contributed by atoms with van der Waals surface area (Å²) in [6, 6.07) is 19.0. The van der Waals surface area contributed by atoms with Gasteiger partial charge in [0.15, 0.2) is 0 Å². The number of benzene rings is 2. The topological polar surface area (TPSA) is 69.0 Å². The molecule has 1 aliphatic heterocycles. The van der Waals surface area contributed by atoms with E-state index < -0.39 is 8.07 Å². The maximum Gasteiger partial charge on any atom is 0.256 e. The van der Waals surface area contributed by atoms with Gasteiger partial charge in [0.25, 0.3) is 5.91 Å². The van der Waals surface area contributed by atoms with E-state index in [1.54, 1.807) is 12.4 Å². The molecule has 182 valence electrons. The first kappa shape index (κ1) is 23.9. The Labute approximate surface area is 212 Å². The minimum absolute atomic E-state index is 0.0829. The normalized spacial score (nSPS) is 14.6. The van der Waals surface area contributed by atoms with Gasteiger partial charge in [-0.05, 0) is 59.7 Å². The lowest BCUT2D eigenvalue weighted by Crippen LogP contribution is -2.22. The van der Waals surface area contributed by atoms with Crippen molar-refractivity contribution < 1.29 is 9.53 Å². The van der Waals surface area contributed by atoms with E-state index in [4.69, 9.17) is 9.84 Å². The third-order valence-corrected chi connectivity index (χ3v) is 7.88. The predicted octanol–water partition coefficient (Wildman–Crippen LogP) is 6.41. The van der Waals surface area contributed by atoms with E-state index in [1.165, 1.54) is 0 Å². The lowest BCUT2D eigenvalue weighted by Gasteiger charge is -2.15. The van der Waals surface area contributed by atoms with Crippen LogP contribution in [0.4, 0.5) is 5.69 Å². The molecule has 1 aliphatic rings. The van der Waals surface area contributed by atoms with Crippen LogP contribution in [0, 0.1) is 0 Å². The Bertz CT molecular complexity index is 1470. The number of carbonyl (C=O) groups is 1. The van der Waals surface area contributed by atoms with Gasteiger partial charge < -0.3 is 10.1 Å². The first-order valence-electron chi connectivity index (χ1n) is 12.2. The molecule has 5 rings (SSSR count). The van der Waals surface area contributed by atoms with Crippen LogP contribution in [0.3, 0.4) is 0 Å². The second kappa shape index (κ2) is 10.0. The second-order valence-corrected chi connectivity index (χ2v) is 15.8. The molecule has 0 aliphatic carbocycles. The molecule has 3 heterocycles. The fourth-order valence-electron chi connectivity index (χ4n) is 4.16. The van der Waals surface area contributed by atoms with Gasteiger partial charge in [-0.3, -0.25) is 9.78 Å². The van der Waals surface area contributed by atoms with E-state index in [9.17, 15) is 4.79 Å². The Kier molecular flexibility index (Phi) is 6.67. The average molecular weight is 495 g/mol. The Hall–Kier alpha value is -3.81. The molecule has 6 nitrogen and oxygen atoms in total.